The lowest BCUT2D eigenvalue weighted by Crippen LogP contribution is -2.53. The van der Waals surface area contributed by atoms with Gasteiger partial charge < -0.3 is 30.5 Å². The molecule has 8 nitrogen and oxygen atoms in total. The maximum Gasteiger partial charge on any atom is 0.261 e. The summed E-state index contributed by atoms with van der Waals surface area (Å²) in [7, 11) is 1.61. The third kappa shape index (κ3) is 3.80. The van der Waals surface area contributed by atoms with Crippen LogP contribution in [0.15, 0.2) is 30.5 Å². The van der Waals surface area contributed by atoms with E-state index in [-0.39, 0.29) is 11.8 Å². The van der Waals surface area contributed by atoms with Crippen molar-refractivity contribution in [3.05, 3.63) is 57.7 Å². The number of aliphatic hydroxyl groups excluding tert-OH is 1. The van der Waals surface area contributed by atoms with Crippen molar-refractivity contribution in [1.82, 2.24) is 15.2 Å². The molecule has 9 heteroatoms. The van der Waals surface area contributed by atoms with Crippen LogP contribution in [0.4, 0.5) is 0 Å². The first kappa shape index (κ1) is 21.8. The number of aliphatic hydroxyl groups is 1. The maximum atomic E-state index is 12.7. The van der Waals surface area contributed by atoms with E-state index < -0.39 is 6.10 Å². The van der Waals surface area contributed by atoms with Crippen molar-refractivity contribution in [2.24, 2.45) is 0 Å². The van der Waals surface area contributed by atoms with Gasteiger partial charge in [0, 0.05) is 43.3 Å². The largest absolute Gasteiger partial charge is 0.455 e. The highest BCUT2D eigenvalue weighted by atomic mass is 32.1. The first-order valence-corrected chi connectivity index (χ1v) is 10.9. The van der Waals surface area contributed by atoms with Crippen LogP contribution in [-0.4, -0.2) is 59.3 Å². The number of nitrogens with zero attached hydrogens (tertiary/aromatic N) is 1. The molecule has 0 spiro atoms. The summed E-state index contributed by atoms with van der Waals surface area (Å²) >= 11 is 1.40. The Morgan fingerprint density at radius 3 is 2.72 bits per heavy atom. The Bertz CT molecular complexity index is 1250. The molecule has 4 N–H and O–H groups in total. The lowest BCUT2D eigenvalue weighted by atomic mass is 10.1. The number of H-pyrrole nitrogens is 1. The normalized spacial score (nSPS) is 14.4. The third-order valence-corrected chi connectivity index (χ3v) is 6.83. The van der Waals surface area contributed by atoms with E-state index in [1.54, 1.807) is 18.1 Å². The van der Waals surface area contributed by atoms with Crippen LogP contribution in [0.2, 0.25) is 0 Å². The SMILES string of the molecule is CNC(=O)c1sc2cc(O/C(=C/C=N)c3[nH]cc(C(=O)N4CC(O)C4)c3C)ccc2c1C. The van der Waals surface area contributed by atoms with Crippen molar-refractivity contribution >= 4 is 45.2 Å². The lowest BCUT2D eigenvalue weighted by Gasteiger charge is -2.35. The van der Waals surface area contributed by atoms with Gasteiger partial charge in [0.05, 0.1) is 22.2 Å². The smallest absolute Gasteiger partial charge is 0.261 e. The summed E-state index contributed by atoms with van der Waals surface area (Å²) in [5.41, 5.74) is 2.74. The van der Waals surface area contributed by atoms with E-state index in [4.69, 9.17) is 10.1 Å². The Hall–Kier alpha value is -3.43. The summed E-state index contributed by atoms with van der Waals surface area (Å²) in [6, 6.07) is 5.60. The number of fused-ring (bicyclic) bond motifs is 1. The number of nitrogens with one attached hydrogen (secondary N) is 3. The average Bonchev–Trinajstić information content (AvgIpc) is 3.30. The maximum absolute atomic E-state index is 12.7. The second kappa shape index (κ2) is 8.60. The number of rotatable bonds is 6. The second-order valence-corrected chi connectivity index (χ2v) is 8.71. The van der Waals surface area contributed by atoms with Gasteiger partial charge in [-0.15, -0.1) is 11.3 Å². The van der Waals surface area contributed by atoms with Crippen molar-refractivity contribution < 1.29 is 19.4 Å². The highest BCUT2D eigenvalue weighted by Crippen LogP contribution is 2.35. The van der Waals surface area contributed by atoms with E-state index >= 15 is 0 Å². The fraction of sp³-hybridized carbons (Fsp3) is 0.261. The summed E-state index contributed by atoms with van der Waals surface area (Å²) in [6.45, 7) is 4.40. The zero-order valence-electron chi connectivity index (χ0n) is 18.0. The quantitative estimate of drug-likeness (QED) is 0.339. The van der Waals surface area contributed by atoms with Crippen molar-refractivity contribution in [3.63, 3.8) is 0 Å². The number of carbonyl (C=O) groups is 2. The highest BCUT2D eigenvalue weighted by Gasteiger charge is 2.31. The Labute approximate surface area is 189 Å². The van der Waals surface area contributed by atoms with Gasteiger partial charge in [-0.3, -0.25) is 9.59 Å². The van der Waals surface area contributed by atoms with Crippen molar-refractivity contribution in [2.75, 3.05) is 20.1 Å². The number of benzene rings is 1. The minimum atomic E-state index is -0.464. The van der Waals surface area contributed by atoms with Gasteiger partial charge in [-0.25, -0.2) is 0 Å². The molecule has 3 heterocycles. The number of aryl methyl sites for hydroxylation is 1. The predicted molar refractivity (Wildman–Crippen MR) is 125 cm³/mol. The molecule has 166 valence electrons. The van der Waals surface area contributed by atoms with E-state index in [0.717, 1.165) is 21.9 Å². The zero-order valence-corrected chi connectivity index (χ0v) is 18.8. The number of hydrogen-bond acceptors (Lipinski definition) is 6. The second-order valence-electron chi connectivity index (χ2n) is 7.66. The third-order valence-electron chi connectivity index (χ3n) is 5.57. The molecular formula is C23H24N4O4S. The Morgan fingerprint density at radius 1 is 1.31 bits per heavy atom. The Morgan fingerprint density at radius 2 is 2.06 bits per heavy atom. The van der Waals surface area contributed by atoms with Crippen LogP contribution in [0.1, 0.15) is 36.9 Å². The standard InChI is InChI=1S/C23H24N4O4S/c1-12-17(23(30)27-10-14(28)11-27)9-26-20(12)18(6-7-24)31-15-4-5-16-13(2)21(22(29)25-3)32-19(16)8-15/h4-9,14,24,26,28H,10-11H2,1-3H3,(H,25,29)/b18-6+,24-7?. The molecular weight excluding hydrogens is 428 g/mol. The van der Waals surface area contributed by atoms with Crippen LogP contribution in [0.3, 0.4) is 0 Å². The van der Waals surface area contributed by atoms with E-state index in [1.165, 1.54) is 17.4 Å². The highest BCUT2D eigenvalue weighted by molar-refractivity contribution is 7.21. The number of β-amino-alcohol motifs (C(OH)–C–C–N with tert-alkyl or cyclic N) is 1. The molecule has 0 atom stereocenters. The molecule has 2 aromatic heterocycles. The number of aromatic amines is 1. The predicted octanol–water partition coefficient (Wildman–Crippen LogP) is 3.09. The van der Waals surface area contributed by atoms with E-state index in [9.17, 15) is 14.7 Å². The van der Waals surface area contributed by atoms with Gasteiger partial charge in [-0.1, -0.05) is 0 Å². The van der Waals surface area contributed by atoms with Gasteiger partial charge >= 0.3 is 0 Å². The number of thiophene rings is 1. The fourth-order valence-electron chi connectivity index (χ4n) is 3.74. The van der Waals surface area contributed by atoms with Gasteiger partial charge in [0.25, 0.3) is 11.8 Å². The van der Waals surface area contributed by atoms with Crippen LogP contribution in [0, 0.1) is 19.3 Å². The van der Waals surface area contributed by atoms with Crippen LogP contribution >= 0.6 is 11.3 Å². The van der Waals surface area contributed by atoms with E-state index in [2.05, 4.69) is 10.3 Å². The van der Waals surface area contributed by atoms with Gasteiger partial charge in [0.1, 0.15) is 5.75 Å². The minimum absolute atomic E-state index is 0.121. The number of aromatic nitrogens is 1. The molecule has 1 saturated heterocycles. The summed E-state index contributed by atoms with van der Waals surface area (Å²) in [6.07, 6.45) is 3.80. The van der Waals surface area contributed by atoms with Gasteiger partial charge in [0.2, 0.25) is 0 Å². The van der Waals surface area contributed by atoms with Crippen molar-refractivity contribution in [1.29, 1.82) is 5.41 Å². The van der Waals surface area contributed by atoms with E-state index in [1.807, 2.05) is 32.0 Å². The molecule has 0 radical (unpaired) electrons. The van der Waals surface area contributed by atoms with Crippen LogP contribution < -0.4 is 10.1 Å². The summed E-state index contributed by atoms with van der Waals surface area (Å²) < 4.78 is 7.02. The van der Waals surface area contributed by atoms with Crippen molar-refractivity contribution in [3.8, 4) is 5.75 Å². The molecule has 0 aliphatic carbocycles. The zero-order chi connectivity index (χ0) is 23.0. The molecule has 2 amide bonds. The number of carbonyl (C=O) groups excluding carboxylic acids is 2. The number of likely N-dealkylation sites (tertiary alicyclic amines) is 1. The molecule has 32 heavy (non-hydrogen) atoms. The minimum Gasteiger partial charge on any atom is -0.455 e. The Kier molecular flexibility index (Phi) is 5.86. The first-order valence-electron chi connectivity index (χ1n) is 10.1. The number of amides is 2. The number of allylic oxidation sites excluding steroid dienone is 1. The summed E-state index contributed by atoms with van der Waals surface area (Å²) in [5, 5.41) is 20.6. The van der Waals surface area contributed by atoms with Gasteiger partial charge in [0.15, 0.2) is 5.76 Å². The van der Waals surface area contributed by atoms with Crippen LogP contribution in [0.25, 0.3) is 15.8 Å². The molecule has 0 saturated carbocycles. The van der Waals surface area contributed by atoms with Crippen LogP contribution in [0.5, 0.6) is 5.75 Å². The molecule has 1 aliphatic rings. The molecule has 1 aliphatic heterocycles. The average molecular weight is 453 g/mol. The topological polar surface area (TPSA) is 119 Å². The monoisotopic (exact) mass is 452 g/mol. The van der Waals surface area contributed by atoms with Gasteiger partial charge in [-0.05, 0) is 48.6 Å². The molecule has 0 unspecified atom stereocenters. The molecule has 1 fully saturated rings. The van der Waals surface area contributed by atoms with Crippen molar-refractivity contribution in [2.45, 2.75) is 20.0 Å². The fourth-order valence-corrected chi connectivity index (χ4v) is 4.92. The number of ether oxygens (including phenoxy) is 1. The van der Waals surface area contributed by atoms with E-state index in [0.29, 0.717) is 46.3 Å². The first-order chi connectivity index (χ1) is 15.3. The van der Waals surface area contributed by atoms with Gasteiger partial charge in [-0.2, -0.15) is 0 Å². The molecule has 3 aromatic rings. The molecule has 0 bridgehead atoms. The summed E-state index contributed by atoms with van der Waals surface area (Å²) in [5.74, 6) is 0.689. The summed E-state index contributed by atoms with van der Waals surface area (Å²) in [4.78, 5) is 30.1. The lowest BCUT2D eigenvalue weighted by molar-refractivity contribution is 0.00585. The van der Waals surface area contributed by atoms with Crippen LogP contribution in [-0.2, 0) is 0 Å². The molecule has 1 aromatic carbocycles. The molecule has 4 rings (SSSR count). The number of hydrogen-bond donors (Lipinski definition) is 4. The Balaban J connectivity index is 1.63.